The Morgan fingerprint density at radius 1 is 1.19 bits per heavy atom. The van der Waals surface area contributed by atoms with Gasteiger partial charge in [-0.25, -0.2) is 0 Å². The van der Waals surface area contributed by atoms with Gasteiger partial charge < -0.3 is 5.32 Å². The van der Waals surface area contributed by atoms with E-state index in [1.165, 1.54) is 23.1 Å². The molecule has 0 bridgehead atoms. The van der Waals surface area contributed by atoms with Crippen molar-refractivity contribution in [1.82, 2.24) is 15.5 Å². The van der Waals surface area contributed by atoms with Gasteiger partial charge in [-0.1, -0.05) is 13.8 Å². The van der Waals surface area contributed by atoms with Crippen LogP contribution in [0.3, 0.4) is 0 Å². The summed E-state index contributed by atoms with van der Waals surface area (Å²) in [6.07, 6.45) is 0.374. The molecule has 1 unspecified atom stereocenters. The van der Waals surface area contributed by atoms with Gasteiger partial charge in [0.15, 0.2) is 0 Å². The van der Waals surface area contributed by atoms with Gasteiger partial charge in [0.2, 0.25) is 11.8 Å². The van der Waals surface area contributed by atoms with Gasteiger partial charge in [0.1, 0.15) is 6.04 Å². The summed E-state index contributed by atoms with van der Waals surface area (Å²) in [4.78, 5) is 61.3. The number of fused-ring (bicyclic) bond motifs is 1. The van der Waals surface area contributed by atoms with Gasteiger partial charge in [-0.3, -0.25) is 34.2 Å². The number of hydrogen-bond acceptors (Lipinski definition) is 5. The van der Waals surface area contributed by atoms with E-state index in [0.717, 1.165) is 0 Å². The molecule has 1 aromatic rings. The SMILES string of the molecule is CC(C)CN1C(=O)c2ccc(C(=O)NC3CCC(=O)NC3=O)cc2C1=O. The van der Waals surface area contributed by atoms with E-state index in [1.54, 1.807) is 0 Å². The van der Waals surface area contributed by atoms with Crippen LogP contribution in [0.1, 0.15) is 57.8 Å². The van der Waals surface area contributed by atoms with Crippen molar-refractivity contribution in [2.45, 2.75) is 32.7 Å². The summed E-state index contributed by atoms with van der Waals surface area (Å²) in [7, 11) is 0. The molecular weight excluding hydrogens is 338 g/mol. The van der Waals surface area contributed by atoms with Crippen molar-refractivity contribution in [2.24, 2.45) is 5.92 Å². The Morgan fingerprint density at radius 2 is 1.88 bits per heavy atom. The molecule has 2 N–H and O–H groups in total. The lowest BCUT2D eigenvalue weighted by Gasteiger charge is -2.21. The van der Waals surface area contributed by atoms with E-state index in [1.807, 2.05) is 13.8 Å². The molecule has 1 atom stereocenters. The van der Waals surface area contributed by atoms with Gasteiger partial charge >= 0.3 is 0 Å². The Hall–Kier alpha value is -3.03. The number of hydrogen-bond donors (Lipinski definition) is 2. The fourth-order valence-electron chi connectivity index (χ4n) is 3.04. The van der Waals surface area contributed by atoms with E-state index in [9.17, 15) is 24.0 Å². The van der Waals surface area contributed by atoms with E-state index >= 15 is 0 Å². The number of rotatable bonds is 4. The second-order valence-electron chi connectivity index (χ2n) is 6.85. The van der Waals surface area contributed by atoms with Crippen molar-refractivity contribution in [3.05, 3.63) is 34.9 Å². The first-order chi connectivity index (χ1) is 12.3. The summed E-state index contributed by atoms with van der Waals surface area (Å²) in [6.45, 7) is 4.12. The minimum atomic E-state index is -0.803. The molecule has 0 aliphatic carbocycles. The lowest BCUT2D eigenvalue weighted by Crippen LogP contribution is -2.52. The quantitative estimate of drug-likeness (QED) is 0.761. The van der Waals surface area contributed by atoms with Crippen LogP contribution in [0.25, 0.3) is 0 Å². The van der Waals surface area contributed by atoms with Crippen LogP contribution in [0.4, 0.5) is 0 Å². The van der Waals surface area contributed by atoms with Crippen molar-refractivity contribution < 1.29 is 24.0 Å². The summed E-state index contributed by atoms with van der Waals surface area (Å²) in [5.74, 6) is -2.11. The molecule has 1 aromatic carbocycles. The van der Waals surface area contributed by atoms with Crippen molar-refractivity contribution in [3.63, 3.8) is 0 Å². The third-order valence-electron chi connectivity index (χ3n) is 4.33. The first-order valence-electron chi connectivity index (χ1n) is 8.42. The molecule has 1 fully saturated rings. The predicted octanol–water partition coefficient (Wildman–Crippen LogP) is 0.474. The maximum Gasteiger partial charge on any atom is 0.261 e. The first-order valence-corrected chi connectivity index (χ1v) is 8.42. The monoisotopic (exact) mass is 357 g/mol. The zero-order valence-electron chi connectivity index (χ0n) is 14.5. The van der Waals surface area contributed by atoms with Crippen LogP contribution in [0.2, 0.25) is 0 Å². The predicted molar refractivity (Wildman–Crippen MR) is 90.3 cm³/mol. The molecule has 0 spiro atoms. The number of piperidine rings is 1. The average molecular weight is 357 g/mol. The molecule has 8 nitrogen and oxygen atoms in total. The lowest BCUT2D eigenvalue weighted by atomic mass is 10.0. The minimum absolute atomic E-state index is 0.132. The highest BCUT2D eigenvalue weighted by atomic mass is 16.2. The Morgan fingerprint density at radius 3 is 2.54 bits per heavy atom. The summed E-state index contributed by atoms with van der Waals surface area (Å²) < 4.78 is 0. The van der Waals surface area contributed by atoms with Crippen molar-refractivity contribution >= 4 is 29.5 Å². The zero-order valence-corrected chi connectivity index (χ0v) is 14.5. The number of carbonyl (C=O) groups excluding carboxylic acids is 5. The number of benzene rings is 1. The molecule has 0 radical (unpaired) electrons. The molecule has 2 aliphatic rings. The molecule has 0 saturated carbocycles. The van der Waals surface area contributed by atoms with Crippen molar-refractivity contribution in [2.75, 3.05) is 6.54 Å². The van der Waals surface area contributed by atoms with Crippen LogP contribution in [-0.4, -0.2) is 47.0 Å². The highest BCUT2D eigenvalue weighted by molar-refractivity contribution is 6.22. The number of nitrogens with one attached hydrogen (secondary N) is 2. The molecule has 26 heavy (non-hydrogen) atoms. The standard InChI is InChI=1S/C18H19N3O5/c1-9(2)8-21-17(25)11-4-3-10(7-12(11)18(21)26)15(23)19-13-5-6-14(22)20-16(13)24/h3-4,7,9,13H,5-6,8H2,1-2H3,(H,19,23)(H,20,22,24). The topological polar surface area (TPSA) is 113 Å². The molecule has 8 heteroatoms. The van der Waals surface area contributed by atoms with Gasteiger partial charge in [0.05, 0.1) is 11.1 Å². The minimum Gasteiger partial charge on any atom is -0.340 e. The molecule has 2 heterocycles. The molecule has 2 aliphatic heterocycles. The van der Waals surface area contributed by atoms with Crippen molar-refractivity contribution in [1.29, 1.82) is 0 Å². The normalized spacial score (nSPS) is 19.7. The van der Waals surface area contributed by atoms with Gasteiger partial charge in [0, 0.05) is 18.5 Å². The highest BCUT2D eigenvalue weighted by Gasteiger charge is 2.36. The summed E-state index contributed by atoms with van der Waals surface area (Å²) in [6, 6.07) is 3.47. The lowest BCUT2D eigenvalue weighted by molar-refractivity contribution is -0.134. The molecule has 1 saturated heterocycles. The van der Waals surface area contributed by atoms with Gasteiger partial charge in [-0.05, 0) is 30.5 Å². The molecule has 5 amide bonds. The number of nitrogens with zero attached hydrogens (tertiary/aromatic N) is 1. The van der Waals surface area contributed by atoms with E-state index in [0.29, 0.717) is 6.54 Å². The zero-order chi connectivity index (χ0) is 19.0. The Bertz CT molecular complexity index is 830. The van der Waals surface area contributed by atoms with E-state index in [2.05, 4.69) is 10.6 Å². The largest absolute Gasteiger partial charge is 0.340 e. The van der Waals surface area contributed by atoms with Crippen LogP contribution in [-0.2, 0) is 9.59 Å². The second kappa shape index (κ2) is 6.70. The summed E-state index contributed by atoms with van der Waals surface area (Å²) in [5, 5.41) is 4.72. The van der Waals surface area contributed by atoms with Crippen LogP contribution in [0, 0.1) is 5.92 Å². The maximum atomic E-state index is 12.5. The Labute approximate surface area is 149 Å². The molecule has 3 rings (SSSR count). The van der Waals surface area contributed by atoms with E-state index in [4.69, 9.17) is 0 Å². The van der Waals surface area contributed by atoms with Crippen molar-refractivity contribution in [3.8, 4) is 0 Å². The number of imide groups is 2. The smallest absolute Gasteiger partial charge is 0.261 e. The van der Waals surface area contributed by atoms with E-state index in [-0.39, 0.29) is 47.3 Å². The van der Waals surface area contributed by atoms with Crippen LogP contribution in [0.5, 0.6) is 0 Å². The van der Waals surface area contributed by atoms with Gasteiger partial charge in [0.25, 0.3) is 17.7 Å². The van der Waals surface area contributed by atoms with Gasteiger partial charge in [-0.15, -0.1) is 0 Å². The van der Waals surface area contributed by atoms with Crippen LogP contribution in [0.15, 0.2) is 18.2 Å². The molecule has 0 aromatic heterocycles. The number of carbonyl (C=O) groups is 5. The Kier molecular flexibility index (Phi) is 4.58. The second-order valence-corrected chi connectivity index (χ2v) is 6.85. The molecular formula is C18H19N3O5. The molecule has 136 valence electrons. The van der Waals surface area contributed by atoms with E-state index < -0.39 is 23.8 Å². The fourth-order valence-corrected chi connectivity index (χ4v) is 3.04. The number of amides is 5. The Balaban J connectivity index is 1.78. The summed E-state index contributed by atoms with van der Waals surface area (Å²) >= 11 is 0. The fraction of sp³-hybridized carbons (Fsp3) is 0.389. The third kappa shape index (κ3) is 3.22. The first kappa shape index (κ1) is 17.8. The van der Waals surface area contributed by atoms with Gasteiger partial charge in [-0.2, -0.15) is 0 Å². The third-order valence-corrected chi connectivity index (χ3v) is 4.33. The maximum absolute atomic E-state index is 12.5. The van der Waals surface area contributed by atoms with Crippen LogP contribution < -0.4 is 10.6 Å². The van der Waals surface area contributed by atoms with Crippen LogP contribution >= 0.6 is 0 Å². The summed E-state index contributed by atoms with van der Waals surface area (Å²) in [5.41, 5.74) is 0.640. The average Bonchev–Trinajstić information content (AvgIpc) is 2.81. The highest BCUT2D eigenvalue weighted by Crippen LogP contribution is 2.25.